The molecule has 0 aliphatic rings. The van der Waals surface area contributed by atoms with Gasteiger partial charge < -0.3 is 21.5 Å². The highest BCUT2D eigenvalue weighted by Gasteiger charge is 2.40. The topological polar surface area (TPSA) is 116 Å². The number of nitrogens with zero attached hydrogens (tertiary/aromatic N) is 2. The number of hydrogen-bond donors (Lipinski definition) is 3. The van der Waals surface area contributed by atoms with Crippen LogP contribution in [0.15, 0.2) is 89.8 Å². The van der Waals surface area contributed by atoms with Crippen molar-refractivity contribution in [1.29, 1.82) is 0 Å². The van der Waals surface area contributed by atoms with Gasteiger partial charge in [-0.3, -0.25) is 9.78 Å². The van der Waals surface area contributed by atoms with E-state index in [1.165, 1.54) is 54.9 Å². The number of para-hydroxylation sites is 1. The van der Waals surface area contributed by atoms with Gasteiger partial charge in [0.25, 0.3) is 5.91 Å². The summed E-state index contributed by atoms with van der Waals surface area (Å²) in [6.07, 6.45) is -0.301. The third-order valence-corrected chi connectivity index (χ3v) is 4.40. The van der Waals surface area contributed by atoms with Gasteiger partial charge in [-0.25, -0.2) is 9.38 Å². The second kappa shape index (κ2) is 11.0. The number of hydrogen-bond acceptors (Lipinski definition) is 6. The van der Waals surface area contributed by atoms with Gasteiger partial charge in [0.15, 0.2) is 23.0 Å². The van der Waals surface area contributed by atoms with Gasteiger partial charge in [-0.05, 0) is 48.7 Å². The second-order valence-corrected chi connectivity index (χ2v) is 6.82. The molecule has 1 heterocycles. The Morgan fingerprint density at radius 2 is 1.77 bits per heavy atom. The van der Waals surface area contributed by atoms with E-state index in [0.29, 0.717) is 11.9 Å². The van der Waals surface area contributed by atoms with Gasteiger partial charge in [-0.1, -0.05) is 18.2 Å². The monoisotopic (exact) mass is 485 g/mol. The number of ether oxygens (including phenoxy) is 1. The molecule has 0 bridgehead atoms. The first-order valence-electron chi connectivity index (χ1n) is 9.98. The van der Waals surface area contributed by atoms with Crippen LogP contribution >= 0.6 is 0 Å². The largest absolute Gasteiger partial charge is 0.452 e. The van der Waals surface area contributed by atoms with Crippen LogP contribution in [0.25, 0.3) is 6.08 Å². The number of aliphatic imine (C=N–C) groups is 1. The molecule has 0 aliphatic carbocycles. The van der Waals surface area contributed by atoms with Crippen molar-refractivity contribution in [1.82, 2.24) is 4.98 Å². The number of carbonyl (C=O) groups is 1. The van der Waals surface area contributed by atoms with E-state index in [1.807, 2.05) is 0 Å². The molecule has 3 aromatic rings. The Hall–Kier alpha value is -4.67. The zero-order chi connectivity index (χ0) is 25.4. The van der Waals surface area contributed by atoms with Gasteiger partial charge in [0.2, 0.25) is 0 Å². The summed E-state index contributed by atoms with van der Waals surface area (Å²) in [6.45, 7) is 0. The van der Waals surface area contributed by atoms with Gasteiger partial charge in [0.1, 0.15) is 5.69 Å². The lowest BCUT2D eigenvalue weighted by Gasteiger charge is -2.15. The van der Waals surface area contributed by atoms with Crippen molar-refractivity contribution in [3.05, 3.63) is 96.3 Å². The Morgan fingerprint density at radius 1 is 1.03 bits per heavy atom. The smallest absolute Gasteiger partial charge is 0.434 e. The number of carbonyl (C=O) groups excluding carboxylic acids is 1. The van der Waals surface area contributed by atoms with E-state index in [-0.39, 0.29) is 22.9 Å². The average molecular weight is 485 g/mol. The van der Waals surface area contributed by atoms with Crippen LogP contribution in [0.1, 0.15) is 5.69 Å². The lowest BCUT2D eigenvalue weighted by molar-refractivity contribution is -0.113. The van der Waals surface area contributed by atoms with Crippen molar-refractivity contribution in [2.45, 2.75) is 6.18 Å². The van der Waals surface area contributed by atoms with Crippen LogP contribution in [-0.2, 0) is 4.79 Å². The van der Waals surface area contributed by atoms with Crippen molar-refractivity contribution >= 4 is 29.1 Å². The Balaban J connectivity index is 1.83. The minimum absolute atomic E-state index is 0.0289. The predicted molar refractivity (Wildman–Crippen MR) is 124 cm³/mol. The number of amides is 1. The highest BCUT2D eigenvalue weighted by atomic mass is 19.4. The highest BCUT2D eigenvalue weighted by molar-refractivity contribution is 6.27. The van der Waals surface area contributed by atoms with E-state index in [2.05, 4.69) is 15.3 Å². The van der Waals surface area contributed by atoms with E-state index in [9.17, 15) is 22.4 Å². The number of nitrogens with two attached hydrogens (primary N) is 2. The molecule has 0 fully saturated rings. The average Bonchev–Trinajstić information content (AvgIpc) is 2.82. The second-order valence-electron chi connectivity index (χ2n) is 6.82. The Bertz CT molecular complexity index is 1290. The summed E-state index contributed by atoms with van der Waals surface area (Å²) in [5, 5.41) is 2.19. The van der Waals surface area contributed by atoms with Crippen LogP contribution in [0.2, 0.25) is 0 Å². The molecule has 11 heteroatoms. The van der Waals surface area contributed by atoms with Gasteiger partial charge in [-0.15, -0.1) is 0 Å². The molecule has 2 aromatic carbocycles. The first-order valence-corrected chi connectivity index (χ1v) is 9.98. The third kappa shape index (κ3) is 6.44. The first kappa shape index (κ1) is 25.0. The fourth-order valence-corrected chi connectivity index (χ4v) is 2.85. The molecule has 0 saturated carbocycles. The van der Waals surface area contributed by atoms with Gasteiger partial charge in [0.05, 0.1) is 11.3 Å². The molecule has 0 unspecified atom stereocenters. The number of nitrogens with one attached hydrogen (secondary N) is 1. The molecule has 180 valence electrons. The predicted octanol–water partition coefficient (Wildman–Crippen LogP) is 5.06. The van der Waals surface area contributed by atoms with Crippen LogP contribution in [0.3, 0.4) is 0 Å². The number of halogens is 4. The van der Waals surface area contributed by atoms with E-state index in [1.54, 1.807) is 18.2 Å². The third-order valence-electron chi connectivity index (χ3n) is 4.40. The summed E-state index contributed by atoms with van der Waals surface area (Å²) in [6, 6.07) is 13.7. The number of rotatable bonds is 7. The number of benzene rings is 2. The molecule has 1 aromatic heterocycles. The van der Waals surface area contributed by atoms with Crippen LogP contribution in [0.5, 0.6) is 11.5 Å². The number of aromatic nitrogens is 1. The summed E-state index contributed by atoms with van der Waals surface area (Å²) in [7, 11) is 0. The Morgan fingerprint density at radius 3 is 2.40 bits per heavy atom. The quantitative estimate of drug-likeness (QED) is 0.246. The van der Waals surface area contributed by atoms with E-state index >= 15 is 0 Å². The standard InChI is InChI=1S/C24H19F4N5O2/c25-18-13-16(8-9-20(18)35-21-7-4-12-31-19(21)10-11-29)33-23(34)17(14-30)22(24(26,27)28)32-15-5-2-1-3-6-15/h1-14H,29-30H2,(H,33,34). The molecule has 0 atom stereocenters. The summed E-state index contributed by atoms with van der Waals surface area (Å²) in [4.78, 5) is 20.2. The maximum Gasteiger partial charge on any atom is 0.434 e. The molecule has 0 aliphatic heterocycles. The lowest BCUT2D eigenvalue weighted by Crippen LogP contribution is -2.32. The van der Waals surface area contributed by atoms with Crippen molar-refractivity contribution in [2.24, 2.45) is 16.5 Å². The zero-order valence-electron chi connectivity index (χ0n) is 18.0. The van der Waals surface area contributed by atoms with Crippen molar-refractivity contribution < 1.29 is 27.1 Å². The lowest BCUT2D eigenvalue weighted by atomic mass is 10.1. The van der Waals surface area contributed by atoms with Gasteiger partial charge in [0, 0.05) is 24.2 Å². The van der Waals surface area contributed by atoms with E-state index in [0.717, 1.165) is 6.07 Å². The molecule has 0 radical (unpaired) electrons. The Labute approximate surface area is 197 Å². The van der Waals surface area contributed by atoms with Crippen LogP contribution < -0.4 is 21.5 Å². The zero-order valence-corrected chi connectivity index (χ0v) is 18.0. The fourth-order valence-electron chi connectivity index (χ4n) is 2.85. The maximum absolute atomic E-state index is 14.6. The van der Waals surface area contributed by atoms with E-state index < -0.39 is 29.2 Å². The highest BCUT2D eigenvalue weighted by Crippen LogP contribution is 2.30. The summed E-state index contributed by atoms with van der Waals surface area (Å²) >= 11 is 0. The molecule has 3 rings (SSSR count). The van der Waals surface area contributed by atoms with Crippen LogP contribution in [0, 0.1) is 5.82 Å². The van der Waals surface area contributed by atoms with Crippen molar-refractivity contribution in [3.63, 3.8) is 0 Å². The van der Waals surface area contributed by atoms with Crippen LogP contribution in [-0.4, -0.2) is 22.8 Å². The Kier molecular flexibility index (Phi) is 7.82. The van der Waals surface area contributed by atoms with Crippen molar-refractivity contribution in [2.75, 3.05) is 5.32 Å². The summed E-state index contributed by atoms with van der Waals surface area (Å²) in [5.74, 6) is -2.11. The fraction of sp³-hybridized carbons (Fsp3) is 0.0417. The summed E-state index contributed by atoms with van der Waals surface area (Å²) in [5.41, 5.74) is 8.46. The SMILES string of the molecule is NC=Cc1ncccc1Oc1ccc(NC(=O)C(=CN)C(=Nc2ccccc2)C(F)(F)F)cc1F. The minimum Gasteiger partial charge on any atom is -0.452 e. The number of alkyl halides is 3. The molecule has 0 saturated heterocycles. The van der Waals surface area contributed by atoms with Crippen LogP contribution in [0.4, 0.5) is 28.9 Å². The van der Waals surface area contributed by atoms with Gasteiger partial charge in [-0.2, -0.15) is 13.2 Å². The molecule has 0 spiro atoms. The first-order chi connectivity index (χ1) is 16.7. The summed E-state index contributed by atoms with van der Waals surface area (Å²) < 4.78 is 61.1. The molecular weight excluding hydrogens is 466 g/mol. The van der Waals surface area contributed by atoms with Gasteiger partial charge >= 0.3 is 6.18 Å². The van der Waals surface area contributed by atoms with Crippen molar-refractivity contribution in [3.8, 4) is 11.5 Å². The molecule has 7 nitrogen and oxygen atoms in total. The normalized spacial score (nSPS) is 12.6. The number of pyridine rings is 1. The van der Waals surface area contributed by atoms with E-state index in [4.69, 9.17) is 16.2 Å². The molecular formula is C24H19F4N5O2. The molecule has 35 heavy (non-hydrogen) atoms. The molecule has 1 amide bonds. The molecule has 5 N–H and O–H groups in total. The number of anilines is 1. The minimum atomic E-state index is -4.99. The maximum atomic E-state index is 14.6.